The van der Waals surface area contributed by atoms with Crippen molar-refractivity contribution in [3.8, 4) is 0 Å². The number of nitrogens with two attached hydrogens (primary N) is 1. The van der Waals surface area contributed by atoms with Gasteiger partial charge in [-0.3, -0.25) is 9.36 Å². The van der Waals surface area contributed by atoms with E-state index in [4.69, 9.17) is 5.73 Å². The summed E-state index contributed by atoms with van der Waals surface area (Å²) >= 11 is 0. The van der Waals surface area contributed by atoms with Crippen LogP contribution in [0, 0.1) is 17.8 Å². The highest BCUT2D eigenvalue weighted by atomic mass is 35.5. The fourth-order valence-electron chi connectivity index (χ4n) is 4.93. The maximum absolute atomic E-state index is 13.5. The predicted octanol–water partition coefficient (Wildman–Crippen LogP) is 4.09. The molecular formula is C20H28Cl2F2N4O. The van der Waals surface area contributed by atoms with Crippen molar-refractivity contribution in [2.24, 2.45) is 23.5 Å². The van der Waals surface area contributed by atoms with E-state index in [2.05, 4.69) is 10.3 Å². The van der Waals surface area contributed by atoms with Gasteiger partial charge in [-0.1, -0.05) is 18.6 Å². The van der Waals surface area contributed by atoms with E-state index in [0.717, 1.165) is 30.3 Å². The molecule has 5 nitrogen and oxygen atoms in total. The number of nitrogens with one attached hydrogen (secondary N) is 1. The maximum atomic E-state index is 13.5. The van der Waals surface area contributed by atoms with Gasteiger partial charge in [-0.05, 0) is 49.7 Å². The number of para-hydroxylation sites is 2. The first-order valence-electron chi connectivity index (χ1n) is 9.82. The van der Waals surface area contributed by atoms with Crippen LogP contribution in [0.2, 0.25) is 0 Å². The normalized spacial score (nSPS) is 25.9. The third-order valence-corrected chi connectivity index (χ3v) is 6.30. The summed E-state index contributed by atoms with van der Waals surface area (Å²) < 4.78 is 27.9. The van der Waals surface area contributed by atoms with Crippen LogP contribution in [0.4, 0.5) is 8.78 Å². The lowest BCUT2D eigenvalue weighted by Crippen LogP contribution is -2.49. The Labute approximate surface area is 181 Å². The first-order chi connectivity index (χ1) is 13.0. The minimum absolute atomic E-state index is 0. The van der Waals surface area contributed by atoms with Crippen LogP contribution in [0.25, 0.3) is 11.0 Å². The van der Waals surface area contributed by atoms with Gasteiger partial charge in [0.15, 0.2) is 0 Å². The first-order valence-corrected chi connectivity index (χ1v) is 9.82. The lowest BCUT2D eigenvalue weighted by molar-refractivity contribution is -0.127. The Kier molecular flexibility index (Phi) is 8.26. The minimum Gasteiger partial charge on any atom is -0.355 e. The Morgan fingerprint density at radius 1 is 1.21 bits per heavy atom. The maximum Gasteiger partial charge on any atom is 0.320 e. The van der Waals surface area contributed by atoms with E-state index in [0.29, 0.717) is 35.2 Å². The number of hydrogen-bond donors (Lipinski definition) is 2. The average Bonchev–Trinajstić information content (AvgIpc) is 2.99. The molecule has 0 aliphatic heterocycles. The van der Waals surface area contributed by atoms with Crippen molar-refractivity contribution >= 4 is 41.8 Å². The number of imidazole rings is 1. The number of halogens is 4. The molecular weight excluding hydrogens is 421 g/mol. The summed E-state index contributed by atoms with van der Waals surface area (Å²) in [6, 6.07) is 7.09. The highest BCUT2D eigenvalue weighted by molar-refractivity contribution is 5.85. The molecule has 2 unspecified atom stereocenters. The van der Waals surface area contributed by atoms with Gasteiger partial charge in [0, 0.05) is 24.9 Å². The SMILES string of the molecule is Cl.Cl.NC1C2CCCC1CC(C(=O)NCCc1nc3ccccc3n1C(F)F)C2. The van der Waals surface area contributed by atoms with Crippen LogP contribution in [0.1, 0.15) is 44.5 Å². The summed E-state index contributed by atoms with van der Waals surface area (Å²) in [4.78, 5) is 16.9. The molecule has 4 rings (SSSR count). The monoisotopic (exact) mass is 448 g/mol. The molecule has 1 heterocycles. The van der Waals surface area contributed by atoms with E-state index in [1.54, 1.807) is 24.3 Å². The number of carbonyl (C=O) groups excluding carboxylic acids is 1. The van der Waals surface area contributed by atoms with Crippen molar-refractivity contribution in [3.05, 3.63) is 30.1 Å². The molecule has 2 fully saturated rings. The lowest BCUT2D eigenvalue weighted by Gasteiger charge is -2.43. The minimum atomic E-state index is -2.65. The number of rotatable bonds is 5. The van der Waals surface area contributed by atoms with Crippen LogP contribution in [0.3, 0.4) is 0 Å². The first kappa shape index (κ1) is 23.8. The van der Waals surface area contributed by atoms with Crippen molar-refractivity contribution in [2.75, 3.05) is 6.54 Å². The van der Waals surface area contributed by atoms with Gasteiger partial charge in [0.1, 0.15) is 5.82 Å². The molecule has 2 aliphatic rings. The summed E-state index contributed by atoms with van der Waals surface area (Å²) in [6.07, 6.45) is 5.41. The quantitative estimate of drug-likeness (QED) is 0.723. The molecule has 0 spiro atoms. The summed E-state index contributed by atoms with van der Waals surface area (Å²) in [7, 11) is 0. The van der Waals surface area contributed by atoms with Gasteiger partial charge >= 0.3 is 6.55 Å². The van der Waals surface area contributed by atoms with Crippen molar-refractivity contribution in [2.45, 2.75) is 51.1 Å². The molecule has 3 N–H and O–H groups in total. The molecule has 1 aromatic heterocycles. The van der Waals surface area contributed by atoms with Gasteiger partial charge in [-0.15, -0.1) is 24.8 Å². The van der Waals surface area contributed by atoms with E-state index in [9.17, 15) is 13.6 Å². The number of alkyl halides is 2. The third kappa shape index (κ3) is 4.84. The van der Waals surface area contributed by atoms with Crippen LogP contribution in [0.15, 0.2) is 24.3 Å². The fraction of sp³-hybridized carbons (Fsp3) is 0.600. The molecule has 2 bridgehead atoms. The Balaban J connectivity index is 0.00000150. The van der Waals surface area contributed by atoms with Crippen LogP contribution in [-0.2, 0) is 11.2 Å². The van der Waals surface area contributed by atoms with Crippen molar-refractivity contribution in [1.82, 2.24) is 14.9 Å². The largest absolute Gasteiger partial charge is 0.355 e. The highest BCUT2D eigenvalue weighted by Gasteiger charge is 2.40. The lowest BCUT2D eigenvalue weighted by atomic mass is 9.65. The molecule has 1 amide bonds. The number of fused-ring (bicyclic) bond motifs is 3. The number of benzene rings is 1. The number of hydrogen-bond acceptors (Lipinski definition) is 3. The average molecular weight is 449 g/mol. The zero-order valence-corrected chi connectivity index (χ0v) is 17.7. The summed E-state index contributed by atoms with van der Waals surface area (Å²) in [5.41, 5.74) is 7.26. The molecule has 1 aromatic carbocycles. The molecule has 2 atom stereocenters. The van der Waals surface area contributed by atoms with Crippen LogP contribution in [0.5, 0.6) is 0 Å². The van der Waals surface area contributed by atoms with Gasteiger partial charge in [-0.25, -0.2) is 4.98 Å². The molecule has 9 heteroatoms. The van der Waals surface area contributed by atoms with Crippen molar-refractivity contribution in [3.63, 3.8) is 0 Å². The zero-order valence-electron chi connectivity index (χ0n) is 16.1. The van der Waals surface area contributed by atoms with E-state index < -0.39 is 6.55 Å². The second-order valence-corrected chi connectivity index (χ2v) is 7.90. The number of aromatic nitrogens is 2. The highest BCUT2D eigenvalue weighted by Crippen LogP contribution is 2.41. The van der Waals surface area contributed by atoms with Crippen molar-refractivity contribution in [1.29, 1.82) is 0 Å². The van der Waals surface area contributed by atoms with Gasteiger partial charge in [0.05, 0.1) is 11.0 Å². The Hall–Kier alpha value is -1.44. The van der Waals surface area contributed by atoms with Gasteiger partial charge in [0.25, 0.3) is 0 Å². The molecule has 2 aromatic rings. The fourth-order valence-corrected chi connectivity index (χ4v) is 4.93. The summed E-state index contributed by atoms with van der Waals surface area (Å²) in [6.45, 7) is -2.34. The van der Waals surface area contributed by atoms with E-state index >= 15 is 0 Å². The molecule has 2 aliphatic carbocycles. The second-order valence-electron chi connectivity index (χ2n) is 7.90. The summed E-state index contributed by atoms with van der Waals surface area (Å²) in [5.74, 6) is 1.20. The van der Waals surface area contributed by atoms with Crippen LogP contribution < -0.4 is 11.1 Å². The topological polar surface area (TPSA) is 72.9 Å². The van der Waals surface area contributed by atoms with E-state index in [1.807, 2.05) is 0 Å². The zero-order chi connectivity index (χ0) is 19.0. The summed E-state index contributed by atoms with van der Waals surface area (Å²) in [5, 5.41) is 2.94. The number of nitrogens with zero attached hydrogens (tertiary/aromatic N) is 2. The third-order valence-electron chi connectivity index (χ3n) is 6.30. The van der Waals surface area contributed by atoms with Gasteiger partial charge in [0.2, 0.25) is 5.91 Å². The van der Waals surface area contributed by atoms with Crippen LogP contribution >= 0.6 is 24.8 Å². The number of amides is 1. The Morgan fingerprint density at radius 2 is 1.86 bits per heavy atom. The smallest absolute Gasteiger partial charge is 0.320 e. The molecule has 0 radical (unpaired) electrons. The molecule has 162 valence electrons. The van der Waals surface area contributed by atoms with Gasteiger partial charge in [-0.2, -0.15) is 8.78 Å². The Bertz CT molecular complexity index is 818. The Morgan fingerprint density at radius 3 is 2.52 bits per heavy atom. The van der Waals surface area contributed by atoms with Crippen molar-refractivity contribution < 1.29 is 13.6 Å². The van der Waals surface area contributed by atoms with Gasteiger partial charge < -0.3 is 11.1 Å². The predicted molar refractivity (Wildman–Crippen MR) is 114 cm³/mol. The molecule has 29 heavy (non-hydrogen) atoms. The van der Waals surface area contributed by atoms with Crippen LogP contribution in [-0.4, -0.2) is 28.0 Å². The van der Waals surface area contributed by atoms with E-state index in [-0.39, 0.29) is 49.1 Å². The second kappa shape index (κ2) is 10.0. The van der Waals surface area contributed by atoms with E-state index in [1.165, 1.54) is 6.42 Å². The molecule has 2 saturated carbocycles. The standard InChI is InChI=1S/C20H26F2N4O.2ClH/c21-20(22)26-16-7-2-1-6-15(16)25-17(26)8-9-24-19(27)14-10-12-4-3-5-13(11-14)18(12)23;;/h1-2,6-7,12-14,18,20H,3-5,8-11,23H2,(H,24,27);2*1H. The number of carbonyl (C=O) groups is 1. The molecule has 0 saturated heterocycles.